The van der Waals surface area contributed by atoms with Crippen LogP contribution >= 0.6 is 0 Å². The normalized spacial score (nSPS) is 12.9. The van der Waals surface area contributed by atoms with E-state index in [2.05, 4.69) is 9.97 Å². The third-order valence-electron chi connectivity index (χ3n) is 6.72. The van der Waals surface area contributed by atoms with Crippen molar-refractivity contribution in [1.29, 1.82) is 0 Å². The molecule has 3 aromatic carbocycles. The maximum atomic E-state index is 12.4. The van der Waals surface area contributed by atoms with Gasteiger partial charge in [-0.15, -0.1) is 0 Å². The van der Waals surface area contributed by atoms with E-state index >= 15 is 0 Å². The molecule has 1 aliphatic rings. The molecule has 5 aromatic rings. The Morgan fingerprint density at radius 2 is 1.36 bits per heavy atom. The summed E-state index contributed by atoms with van der Waals surface area (Å²) in [4.78, 5) is 19.0. The van der Waals surface area contributed by atoms with E-state index in [-0.39, 0.29) is 11.2 Å². The molecule has 1 saturated carbocycles. The van der Waals surface area contributed by atoms with Crippen molar-refractivity contribution in [2.45, 2.75) is 51.3 Å². The first-order valence-corrected chi connectivity index (χ1v) is 13.8. The molecule has 0 atom stereocenters. The Hall–Kier alpha value is -4.66. The Morgan fingerprint density at radius 1 is 0.762 bits per heavy atom. The van der Waals surface area contributed by atoms with Gasteiger partial charge in [0.05, 0.1) is 16.7 Å². The molecular weight excluding hydrogens is 541 g/mol. The van der Waals surface area contributed by atoms with Crippen molar-refractivity contribution in [3.8, 4) is 5.75 Å². The number of hydrogen-bond acceptors (Lipinski definition) is 5. The number of primary amides is 1. The summed E-state index contributed by atoms with van der Waals surface area (Å²) < 4.78 is 42.8. The number of amides is 1. The summed E-state index contributed by atoms with van der Waals surface area (Å²) in [6.45, 7) is 0.376. The largest absolute Gasteiger partial charge is 0.487 e. The third kappa shape index (κ3) is 8.67. The lowest BCUT2D eigenvalue weighted by Gasteiger charge is -2.08. The molecular formula is C33H33F3N4O2. The summed E-state index contributed by atoms with van der Waals surface area (Å²) in [5.74, 6) is 0.229. The van der Waals surface area contributed by atoms with E-state index in [4.69, 9.17) is 16.2 Å². The number of anilines is 1. The van der Waals surface area contributed by atoms with E-state index in [0.29, 0.717) is 23.3 Å². The molecule has 0 saturated heterocycles. The van der Waals surface area contributed by atoms with Crippen LogP contribution in [0.2, 0.25) is 0 Å². The maximum Gasteiger partial charge on any atom is 0.433 e. The number of nitrogen functional groups attached to an aromatic ring is 1. The first-order valence-electron chi connectivity index (χ1n) is 13.8. The lowest BCUT2D eigenvalue weighted by Crippen LogP contribution is -2.10. The number of pyridine rings is 2. The molecule has 1 amide bonds. The molecule has 4 N–H and O–H groups in total. The van der Waals surface area contributed by atoms with Gasteiger partial charge in [-0.05, 0) is 48.5 Å². The number of benzene rings is 3. The number of ether oxygens (including phenoxy) is 1. The number of fused-ring (bicyclic) bond motifs is 2. The van der Waals surface area contributed by atoms with Crippen molar-refractivity contribution in [3.63, 3.8) is 0 Å². The quantitative estimate of drug-likeness (QED) is 0.226. The van der Waals surface area contributed by atoms with Gasteiger partial charge in [0.1, 0.15) is 18.1 Å². The summed E-state index contributed by atoms with van der Waals surface area (Å²) in [5, 5.41) is 1.64. The average molecular weight is 575 g/mol. The second-order valence-corrected chi connectivity index (χ2v) is 9.91. The lowest BCUT2D eigenvalue weighted by molar-refractivity contribution is -0.140. The molecule has 1 aliphatic carbocycles. The van der Waals surface area contributed by atoms with Crippen LogP contribution in [0.3, 0.4) is 0 Å². The summed E-state index contributed by atoms with van der Waals surface area (Å²) in [5.41, 5.74) is 12.4. The average Bonchev–Trinajstić information content (AvgIpc) is 3.01. The highest BCUT2D eigenvalue weighted by atomic mass is 19.4. The lowest BCUT2D eigenvalue weighted by atomic mass is 10.0. The number of alkyl halides is 3. The number of rotatable bonds is 4. The minimum Gasteiger partial charge on any atom is -0.487 e. The molecule has 218 valence electrons. The van der Waals surface area contributed by atoms with E-state index in [1.54, 1.807) is 42.5 Å². The van der Waals surface area contributed by atoms with Gasteiger partial charge in [-0.3, -0.25) is 4.79 Å². The number of aromatic nitrogens is 2. The highest BCUT2D eigenvalue weighted by Gasteiger charge is 2.33. The number of nitrogens with zero attached hydrogens (tertiary/aromatic N) is 2. The van der Waals surface area contributed by atoms with Gasteiger partial charge >= 0.3 is 6.18 Å². The van der Waals surface area contributed by atoms with E-state index in [0.717, 1.165) is 22.7 Å². The van der Waals surface area contributed by atoms with Crippen LogP contribution in [0.5, 0.6) is 5.75 Å². The van der Waals surface area contributed by atoms with E-state index in [1.165, 1.54) is 44.6 Å². The molecule has 42 heavy (non-hydrogen) atoms. The minimum atomic E-state index is -4.46. The van der Waals surface area contributed by atoms with Gasteiger partial charge in [0.2, 0.25) is 5.91 Å². The van der Waals surface area contributed by atoms with Crippen LogP contribution in [0.1, 0.15) is 60.3 Å². The van der Waals surface area contributed by atoms with Crippen molar-refractivity contribution in [2.24, 2.45) is 5.73 Å². The topological polar surface area (TPSA) is 104 Å². The van der Waals surface area contributed by atoms with Crippen molar-refractivity contribution in [1.82, 2.24) is 9.97 Å². The number of carbonyl (C=O) groups excluding carboxylic acids is 1. The van der Waals surface area contributed by atoms with Crippen LogP contribution in [0.25, 0.3) is 21.8 Å². The first kappa shape index (κ1) is 30.3. The molecule has 0 bridgehead atoms. The first-order chi connectivity index (χ1) is 20.2. The zero-order valence-corrected chi connectivity index (χ0v) is 23.1. The van der Waals surface area contributed by atoms with Crippen LogP contribution in [0.15, 0.2) is 91.0 Å². The fraction of sp³-hybridized carbons (Fsp3) is 0.242. The van der Waals surface area contributed by atoms with Gasteiger partial charge < -0.3 is 16.2 Å². The van der Waals surface area contributed by atoms with Crippen LogP contribution in [-0.4, -0.2) is 15.9 Å². The SMILES string of the molecule is C1CCCCC1.NC(=O)c1ccc(OCc2ccc3ccccc3n2)cc1.Nc1cc(C(F)(F)F)nc2ccccc12. The molecule has 0 radical (unpaired) electrons. The molecule has 6 nitrogen and oxygen atoms in total. The molecule has 0 unspecified atom stereocenters. The minimum absolute atomic E-state index is 0.0907. The van der Waals surface area contributed by atoms with E-state index in [9.17, 15) is 18.0 Å². The predicted octanol–water partition coefficient (Wildman–Crippen LogP) is 8.09. The fourth-order valence-corrected chi connectivity index (χ4v) is 4.47. The summed E-state index contributed by atoms with van der Waals surface area (Å²) >= 11 is 0. The Balaban J connectivity index is 0.000000167. The molecule has 0 aliphatic heterocycles. The summed E-state index contributed by atoms with van der Waals surface area (Å²) in [6, 6.07) is 26.0. The number of para-hydroxylation sites is 2. The van der Waals surface area contributed by atoms with E-state index < -0.39 is 17.8 Å². The van der Waals surface area contributed by atoms with Gasteiger partial charge in [-0.25, -0.2) is 9.97 Å². The Morgan fingerprint density at radius 3 is 1.98 bits per heavy atom. The molecule has 6 rings (SSSR count). The molecule has 2 heterocycles. The van der Waals surface area contributed by atoms with Crippen LogP contribution in [0, 0.1) is 0 Å². The standard InChI is InChI=1S/C17H14N2O2.C10H7F3N2.C6H12/c18-17(20)13-6-9-15(10-7-13)21-11-14-8-5-12-3-1-2-4-16(12)19-14;11-10(12,13)9-5-7(14)6-3-1-2-4-8(6)15-9;1-2-4-6-5-3-1/h1-10H,11H2,(H2,18,20);1-5H,(H2,14,15);1-6H2. The number of halogens is 3. The van der Waals surface area contributed by atoms with Gasteiger partial charge in [0.15, 0.2) is 0 Å². The van der Waals surface area contributed by atoms with Crippen LogP contribution < -0.4 is 16.2 Å². The monoisotopic (exact) mass is 574 g/mol. The number of carbonyl (C=O) groups is 1. The fourth-order valence-electron chi connectivity index (χ4n) is 4.47. The van der Waals surface area contributed by atoms with Gasteiger partial charge in [-0.1, -0.05) is 81.0 Å². The Labute approximate surface area is 242 Å². The van der Waals surface area contributed by atoms with Gasteiger partial charge in [-0.2, -0.15) is 13.2 Å². The maximum absolute atomic E-state index is 12.4. The van der Waals surface area contributed by atoms with Gasteiger partial charge in [0, 0.05) is 22.0 Å². The third-order valence-corrected chi connectivity index (χ3v) is 6.72. The van der Waals surface area contributed by atoms with Crippen molar-refractivity contribution in [2.75, 3.05) is 5.73 Å². The van der Waals surface area contributed by atoms with Crippen LogP contribution in [-0.2, 0) is 12.8 Å². The van der Waals surface area contributed by atoms with Gasteiger partial charge in [0.25, 0.3) is 0 Å². The van der Waals surface area contributed by atoms with Crippen molar-refractivity contribution >= 4 is 33.4 Å². The smallest absolute Gasteiger partial charge is 0.433 e. The zero-order chi connectivity index (χ0) is 30.0. The summed E-state index contributed by atoms with van der Waals surface area (Å²) in [7, 11) is 0. The second-order valence-electron chi connectivity index (χ2n) is 9.91. The summed E-state index contributed by atoms with van der Waals surface area (Å²) in [6.07, 6.45) is 4.54. The highest BCUT2D eigenvalue weighted by Crippen LogP contribution is 2.31. The zero-order valence-electron chi connectivity index (χ0n) is 23.1. The van der Waals surface area contributed by atoms with E-state index in [1.807, 2.05) is 36.4 Å². The highest BCUT2D eigenvalue weighted by molar-refractivity contribution is 5.92. The Kier molecular flexibility index (Phi) is 10.3. The van der Waals surface area contributed by atoms with Crippen LogP contribution in [0.4, 0.5) is 18.9 Å². The number of hydrogen-bond donors (Lipinski definition) is 2. The predicted molar refractivity (Wildman–Crippen MR) is 160 cm³/mol. The van der Waals surface area contributed by atoms with Crippen molar-refractivity contribution in [3.05, 3.63) is 108 Å². The molecule has 1 fully saturated rings. The number of nitrogens with two attached hydrogens (primary N) is 2. The molecule has 9 heteroatoms. The molecule has 0 spiro atoms. The second kappa shape index (κ2) is 14.3. The van der Waals surface area contributed by atoms with Crippen molar-refractivity contribution < 1.29 is 22.7 Å². The Bertz CT molecular complexity index is 1610. The molecule has 2 aromatic heterocycles.